The van der Waals surface area contributed by atoms with Gasteiger partial charge in [0.05, 0.1) is 5.92 Å². The maximum atomic E-state index is 12.4. The summed E-state index contributed by atoms with van der Waals surface area (Å²) in [6.07, 6.45) is 2.38. The SMILES string of the molecule is CC(=O)C1=C(C)NC2=C(C(=O)CCC2)C1c1cccs1. The van der Waals surface area contributed by atoms with E-state index in [9.17, 15) is 9.59 Å². The average Bonchev–Trinajstić information content (AvgIpc) is 2.90. The van der Waals surface area contributed by atoms with Crippen LogP contribution in [0.1, 0.15) is 43.9 Å². The van der Waals surface area contributed by atoms with Gasteiger partial charge in [-0.15, -0.1) is 11.3 Å². The average molecular weight is 287 g/mol. The van der Waals surface area contributed by atoms with E-state index < -0.39 is 0 Å². The maximum Gasteiger partial charge on any atom is 0.161 e. The Hall–Kier alpha value is -1.68. The second kappa shape index (κ2) is 5.02. The molecule has 1 aliphatic carbocycles. The van der Waals surface area contributed by atoms with Gasteiger partial charge < -0.3 is 5.32 Å². The van der Waals surface area contributed by atoms with Crippen LogP contribution in [0.25, 0.3) is 0 Å². The summed E-state index contributed by atoms with van der Waals surface area (Å²) in [6, 6.07) is 3.99. The molecule has 1 atom stereocenters. The number of hydrogen-bond acceptors (Lipinski definition) is 4. The third kappa shape index (κ3) is 2.04. The molecule has 2 aliphatic rings. The van der Waals surface area contributed by atoms with E-state index in [-0.39, 0.29) is 17.5 Å². The topological polar surface area (TPSA) is 46.2 Å². The Labute approximate surface area is 122 Å². The molecule has 1 aromatic rings. The molecule has 0 radical (unpaired) electrons. The minimum atomic E-state index is -0.170. The number of nitrogens with one attached hydrogen (secondary N) is 1. The van der Waals surface area contributed by atoms with Crippen molar-refractivity contribution >= 4 is 22.9 Å². The van der Waals surface area contributed by atoms with Crippen LogP contribution in [0.5, 0.6) is 0 Å². The van der Waals surface area contributed by atoms with E-state index in [1.54, 1.807) is 18.3 Å². The van der Waals surface area contributed by atoms with Gasteiger partial charge in [0.15, 0.2) is 11.6 Å². The molecule has 1 aromatic heterocycles. The van der Waals surface area contributed by atoms with Crippen molar-refractivity contribution in [3.05, 3.63) is 44.9 Å². The first kappa shape index (κ1) is 13.3. The van der Waals surface area contributed by atoms with Crippen LogP contribution in [0.3, 0.4) is 0 Å². The van der Waals surface area contributed by atoms with E-state index in [0.717, 1.165) is 40.3 Å². The van der Waals surface area contributed by atoms with Crippen LogP contribution in [-0.2, 0) is 9.59 Å². The standard InChI is InChI=1S/C16H17NO2S/c1-9-14(10(2)18)16(13-7-4-8-20-13)15-11(17-9)5-3-6-12(15)19/h4,7-8,16-17H,3,5-6H2,1-2H3. The highest BCUT2D eigenvalue weighted by Crippen LogP contribution is 2.43. The van der Waals surface area contributed by atoms with Gasteiger partial charge in [-0.25, -0.2) is 0 Å². The summed E-state index contributed by atoms with van der Waals surface area (Å²) in [5, 5.41) is 5.29. The summed E-state index contributed by atoms with van der Waals surface area (Å²) in [6.45, 7) is 3.51. The summed E-state index contributed by atoms with van der Waals surface area (Å²) >= 11 is 1.61. The van der Waals surface area contributed by atoms with Crippen LogP contribution in [0.15, 0.2) is 40.1 Å². The Morgan fingerprint density at radius 3 is 2.85 bits per heavy atom. The van der Waals surface area contributed by atoms with Crippen molar-refractivity contribution in [3.63, 3.8) is 0 Å². The highest BCUT2D eigenvalue weighted by Gasteiger charge is 2.37. The molecule has 20 heavy (non-hydrogen) atoms. The Bertz CT molecular complexity index is 637. The van der Waals surface area contributed by atoms with Gasteiger partial charge in [0.25, 0.3) is 0 Å². The van der Waals surface area contributed by atoms with Gasteiger partial charge in [0, 0.05) is 33.8 Å². The summed E-state index contributed by atoms with van der Waals surface area (Å²) in [5.74, 6) is 0.0540. The zero-order chi connectivity index (χ0) is 14.3. The van der Waals surface area contributed by atoms with Gasteiger partial charge in [-0.05, 0) is 38.1 Å². The molecule has 1 unspecified atom stereocenters. The molecule has 1 aliphatic heterocycles. The van der Waals surface area contributed by atoms with Crippen LogP contribution < -0.4 is 5.32 Å². The maximum absolute atomic E-state index is 12.4. The predicted octanol–water partition coefficient (Wildman–Crippen LogP) is 3.31. The molecule has 1 N–H and O–H groups in total. The molecule has 104 valence electrons. The molecule has 3 rings (SSSR count). The van der Waals surface area contributed by atoms with E-state index in [4.69, 9.17) is 0 Å². The summed E-state index contributed by atoms with van der Waals surface area (Å²) in [4.78, 5) is 25.5. The number of carbonyl (C=O) groups is 2. The van der Waals surface area contributed by atoms with E-state index in [2.05, 4.69) is 5.32 Å². The van der Waals surface area contributed by atoms with Crippen molar-refractivity contribution in [2.24, 2.45) is 0 Å². The zero-order valence-corrected chi connectivity index (χ0v) is 12.5. The van der Waals surface area contributed by atoms with Crippen LogP contribution in [0, 0.1) is 0 Å². The second-order valence-corrected chi connectivity index (χ2v) is 6.32. The molecular weight excluding hydrogens is 270 g/mol. The summed E-state index contributed by atoms with van der Waals surface area (Å²) < 4.78 is 0. The Morgan fingerprint density at radius 1 is 1.40 bits per heavy atom. The largest absolute Gasteiger partial charge is 0.362 e. The van der Waals surface area contributed by atoms with Gasteiger partial charge in [0.1, 0.15) is 0 Å². The van der Waals surface area contributed by atoms with Crippen LogP contribution in [0.4, 0.5) is 0 Å². The molecule has 0 amide bonds. The van der Waals surface area contributed by atoms with E-state index >= 15 is 0 Å². The second-order valence-electron chi connectivity index (χ2n) is 5.34. The number of carbonyl (C=O) groups excluding carboxylic acids is 2. The first-order chi connectivity index (χ1) is 9.59. The lowest BCUT2D eigenvalue weighted by atomic mass is 9.77. The van der Waals surface area contributed by atoms with E-state index in [0.29, 0.717) is 6.42 Å². The Kier molecular flexibility index (Phi) is 3.34. The molecule has 0 spiro atoms. The smallest absolute Gasteiger partial charge is 0.161 e. The molecule has 4 heteroatoms. The van der Waals surface area contributed by atoms with Gasteiger partial charge >= 0.3 is 0 Å². The molecule has 2 heterocycles. The fourth-order valence-electron chi connectivity index (χ4n) is 3.19. The summed E-state index contributed by atoms with van der Waals surface area (Å²) in [5.41, 5.74) is 3.46. The first-order valence-corrected chi connectivity index (χ1v) is 7.76. The molecular formula is C16H17NO2S. The van der Waals surface area contributed by atoms with Crippen molar-refractivity contribution in [3.8, 4) is 0 Å². The minimum absolute atomic E-state index is 0.0401. The number of dihydropyridines is 1. The monoisotopic (exact) mass is 287 g/mol. The molecule has 0 saturated heterocycles. The number of rotatable bonds is 2. The van der Waals surface area contributed by atoms with Crippen LogP contribution in [-0.4, -0.2) is 11.6 Å². The van der Waals surface area contributed by atoms with Crippen molar-refractivity contribution in [2.75, 3.05) is 0 Å². The lowest BCUT2D eigenvalue weighted by Gasteiger charge is -2.33. The molecule has 0 bridgehead atoms. The number of hydrogen-bond donors (Lipinski definition) is 1. The normalized spacial score (nSPS) is 22.7. The predicted molar refractivity (Wildman–Crippen MR) is 79.5 cm³/mol. The fraction of sp³-hybridized carbons (Fsp3) is 0.375. The number of Topliss-reactive ketones (excluding diaryl/α,β-unsaturated/α-hetero) is 2. The summed E-state index contributed by atoms with van der Waals surface area (Å²) in [7, 11) is 0. The lowest BCUT2D eigenvalue weighted by molar-refractivity contribution is -0.116. The van der Waals surface area contributed by atoms with Gasteiger partial charge in [-0.3, -0.25) is 9.59 Å². The highest BCUT2D eigenvalue weighted by molar-refractivity contribution is 7.10. The van der Waals surface area contributed by atoms with Crippen LogP contribution in [0.2, 0.25) is 0 Å². The fourth-order valence-corrected chi connectivity index (χ4v) is 4.03. The molecule has 0 fully saturated rings. The van der Waals surface area contributed by atoms with Gasteiger partial charge in [-0.2, -0.15) is 0 Å². The number of thiophene rings is 1. The van der Waals surface area contributed by atoms with Crippen molar-refractivity contribution in [1.82, 2.24) is 5.32 Å². The number of ketones is 2. The van der Waals surface area contributed by atoms with Gasteiger partial charge in [-0.1, -0.05) is 6.07 Å². The van der Waals surface area contributed by atoms with Crippen molar-refractivity contribution in [2.45, 2.75) is 39.0 Å². The van der Waals surface area contributed by atoms with Crippen molar-refractivity contribution in [1.29, 1.82) is 0 Å². The Balaban J connectivity index is 2.19. The molecule has 0 aromatic carbocycles. The third-order valence-corrected chi connectivity index (χ3v) is 4.92. The minimum Gasteiger partial charge on any atom is -0.362 e. The lowest BCUT2D eigenvalue weighted by Crippen LogP contribution is -2.33. The van der Waals surface area contributed by atoms with Crippen LogP contribution >= 0.6 is 11.3 Å². The van der Waals surface area contributed by atoms with Crippen molar-refractivity contribution < 1.29 is 9.59 Å². The molecule has 0 saturated carbocycles. The van der Waals surface area contributed by atoms with E-state index in [1.165, 1.54) is 0 Å². The molecule has 3 nitrogen and oxygen atoms in total. The first-order valence-electron chi connectivity index (χ1n) is 6.88. The van der Waals surface area contributed by atoms with E-state index in [1.807, 2.05) is 24.4 Å². The third-order valence-electron chi connectivity index (χ3n) is 3.98. The zero-order valence-electron chi connectivity index (χ0n) is 11.7. The quantitative estimate of drug-likeness (QED) is 0.907. The highest BCUT2D eigenvalue weighted by atomic mass is 32.1. The van der Waals surface area contributed by atoms with Gasteiger partial charge in [0.2, 0.25) is 0 Å². The Morgan fingerprint density at radius 2 is 2.20 bits per heavy atom. The number of allylic oxidation sites excluding steroid dienone is 4.